The third-order valence-corrected chi connectivity index (χ3v) is 6.62. The molecular weight excluding hydrogens is 426 g/mol. The normalized spacial score (nSPS) is 15.7. The van der Waals surface area contributed by atoms with Crippen molar-refractivity contribution in [3.63, 3.8) is 0 Å². The van der Waals surface area contributed by atoms with Crippen LogP contribution in [0, 0.1) is 18.6 Å². The van der Waals surface area contributed by atoms with Crippen LogP contribution in [-0.4, -0.2) is 27.0 Å². The number of carbonyl (C=O) groups is 1. The number of nitrogens with one attached hydrogen (secondary N) is 1. The van der Waals surface area contributed by atoms with Crippen LogP contribution in [0.25, 0.3) is 0 Å². The Hall–Kier alpha value is -3.46. The summed E-state index contributed by atoms with van der Waals surface area (Å²) < 4.78 is 60.5. The Balaban J connectivity index is 1.67. The van der Waals surface area contributed by atoms with Gasteiger partial charge in [0.25, 0.3) is 15.9 Å². The number of ether oxygens (including phenoxy) is 1. The van der Waals surface area contributed by atoms with Crippen LogP contribution in [0.15, 0.2) is 71.6 Å². The van der Waals surface area contributed by atoms with Crippen LogP contribution < -0.4 is 14.4 Å². The number of rotatable bonds is 4. The summed E-state index contributed by atoms with van der Waals surface area (Å²) in [6, 6.07) is 15.5. The molecule has 3 aromatic rings. The Morgan fingerprint density at radius 1 is 1.06 bits per heavy atom. The number of carbonyl (C=O) groups excluding carboxylic acids is 1. The summed E-state index contributed by atoms with van der Waals surface area (Å²) in [5.41, 5.74) is 0.960. The molecule has 1 unspecified atom stereocenters. The van der Waals surface area contributed by atoms with Crippen molar-refractivity contribution in [2.24, 2.45) is 0 Å². The van der Waals surface area contributed by atoms with Crippen LogP contribution in [0.3, 0.4) is 0 Å². The summed E-state index contributed by atoms with van der Waals surface area (Å²) in [6.07, 6.45) is -1.25. The lowest BCUT2D eigenvalue weighted by Gasteiger charge is -2.34. The lowest BCUT2D eigenvalue weighted by molar-refractivity contribution is -0.122. The molecule has 1 heterocycles. The fourth-order valence-corrected chi connectivity index (χ4v) is 4.68. The molecule has 0 fully saturated rings. The number of halogens is 2. The molecule has 1 aliphatic heterocycles. The molecule has 160 valence electrons. The summed E-state index contributed by atoms with van der Waals surface area (Å²) >= 11 is 0. The molecule has 0 aliphatic carbocycles. The minimum Gasteiger partial charge on any atom is -0.476 e. The van der Waals surface area contributed by atoms with Gasteiger partial charge in [0.15, 0.2) is 6.10 Å². The Bertz CT molecular complexity index is 1250. The van der Waals surface area contributed by atoms with Crippen LogP contribution in [0.2, 0.25) is 0 Å². The van der Waals surface area contributed by atoms with Gasteiger partial charge in [-0.1, -0.05) is 29.8 Å². The zero-order valence-corrected chi connectivity index (χ0v) is 17.2. The number of hydrogen-bond acceptors (Lipinski definition) is 4. The maximum Gasteiger partial charge on any atom is 0.267 e. The van der Waals surface area contributed by atoms with Crippen molar-refractivity contribution < 1.29 is 26.7 Å². The Morgan fingerprint density at radius 2 is 1.77 bits per heavy atom. The molecule has 1 atom stereocenters. The van der Waals surface area contributed by atoms with Crippen molar-refractivity contribution in [3.05, 3.63) is 83.9 Å². The van der Waals surface area contributed by atoms with Crippen molar-refractivity contribution in [2.75, 3.05) is 16.2 Å². The standard InChI is InChI=1S/C22H18F2N2O4S/c1-14-6-9-16(10-7-14)31(28,29)26-13-21(30-20-5-3-2-4-19(20)26)22(27)25-18-11-8-15(23)12-17(18)24/h2-12,21H,13H2,1H3,(H,25,27). The fraction of sp³-hybridized carbons (Fsp3) is 0.136. The highest BCUT2D eigenvalue weighted by molar-refractivity contribution is 7.92. The third-order valence-electron chi connectivity index (χ3n) is 4.83. The summed E-state index contributed by atoms with van der Waals surface area (Å²) in [5, 5.41) is 2.33. The number of nitrogens with zero attached hydrogens (tertiary/aromatic N) is 1. The molecule has 6 nitrogen and oxygen atoms in total. The molecule has 9 heteroatoms. The van der Waals surface area contributed by atoms with Gasteiger partial charge >= 0.3 is 0 Å². The molecule has 4 rings (SSSR count). The van der Waals surface area contributed by atoms with Crippen LogP contribution >= 0.6 is 0 Å². The van der Waals surface area contributed by atoms with Crippen LogP contribution in [0.4, 0.5) is 20.2 Å². The summed E-state index contributed by atoms with van der Waals surface area (Å²) in [5.74, 6) is -2.30. The SMILES string of the molecule is Cc1ccc(S(=O)(=O)N2CC(C(=O)Nc3ccc(F)cc3F)Oc3ccccc32)cc1. The molecule has 0 saturated carbocycles. The predicted molar refractivity (Wildman–Crippen MR) is 112 cm³/mol. The number of aryl methyl sites for hydroxylation is 1. The molecule has 3 aromatic carbocycles. The molecule has 1 amide bonds. The molecule has 0 bridgehead atoms. The number of benzene rings is 3. The zero-order valence-electron chi connectivity index (χ0n) is 16.4. The highest BCUT2D eigenvalue weighted by Gasteiger charge is 2.37. The van der Waals surface area contributed by atoms with Crippen molar-refractivity contribution in [3.8, 4) is 5.75 Å². The van der Waals surface area contributed by atoms with E-state index in [4.69, 9.17) is 4.74 Å². The van der Waals surface area contributed by atoms with E-state index in [-0.39, 0.29) is 22.9 Å². The van der Waals surface area contributed by atoms with Gasteiger partial charge < -0.3 is 10.1 Å². The predicted octanol–water partition coefficient (Wildman–Crippen LogP) is 3.87. The van der Waals surface area contributed by atoms with E-state index >= 15 is 0 Å². The first-order valence-corrected chi connectivity index (χ1v) is 10.8. The average Bonchev–Trinajstić information content (AvgIpc) is 2.75. The van der Waals surface area contributed by atoms with Crippen LogP contribution in [0.1, 0.15) is 5.56 Å². The molecule has 1 aliphatic rings. The Labute approximate surface area is 178 Å². The van der Waals surface area contributed by atoms with Crippen molar-refractivity contribution in [1.82, 2.24) is 0 Å². The van der Waals surface area contributed by atoms with E-state index in [9.17, 15) is 22.0 Å². The molecule has 0 radical (unpaired) electrons. The van der Waals surface area contributed by atoms with Gasteiger partial charge in [0.05, 0.1) is 22.8 Å². The third kappa shape index (κ3) is 4.09. The first-order valence-electron chi connectivity index (χ1n) is 9.37. The second-order valence-corrected chi connectivity index (χ2v) is 8.90. The largest absolute Gasteiger partial charge is 0.476 e. The van der Waals surface area contributed by atoms with Gasteiger partial charge in [0.1, 0.15) is 17.4 Å². The number of hydrogen-bond donors (Lipinski definition) is 1. The van der Waals surface area contributed by atoms with Gasteiger partial charge in [-0.05, 0) is 43.3 Å². The van der Waals surface area contributed by atoms with Crippen LogP contribution in [0.5, 0.6) is 5.75 Å². The van der Waals surface area contributed by atoms with Crippen molar-refractivity contribution in [2.45, 2.75) is 17.9 Å². The van der Waals surface area contributed by atoms with E-state index in [1.807, 2.05) is 6.92 Å². The maximum atomic E-state index is 13.9. The van der Waals surface area contributed by atoms with Crippen LogP contribution in [-0.2, 0) is 14.8 Å². The van der Waals surface area contributed by atoms with Gasteiger partial charge in [-0.3, -0.25) is 9.10 Å². The molecule has 31 heavy (non-hydrogen) atoms. The van der Waals surface area contributed by atoms with Crippen molar-refractivity contribution >= 4 is 27.3 Å². The molecule has 0 aromatic heterocycles. The highest BCUT2D eigenvalue weighted by atomic mass is 32.2. The smallest absolute Gasteiger partial charge is 0.267 e. The molecule has 1 N–H and O–H groups in total. The lowest BCUT2D eigenvalue weighted by atomic mass is 10.2. The van der Waals surface area contributed by atoms with Crippen molar-refractivity contribution in [1.29, 1.82) is 0 Å². The average molecular weight is 444 g/mol. The quantitative estimate of drug-likeness (QED) is 0.663. The fourth-order valence-electron chi connectivity index (χ4n) is 3.21. The topological polar surface area (TPSA) is 75.7 Å². The van der Waals surface area contributed by atoms with Gasteiger partial charge in [-0.2, -0.15) is 0 Å². The summed E-state index contributed by atoms with van der Waals surface area (Å²) in [7, 11) is -4.00. The van der Waals surface area contributed by atoms with E-state index in [1.54, 1.807) is 36.4 Å². The monoisotopic (exact) mass is 444 g/mol. The van der Waals surface area contributed by atoms with Gasteiger partial charge in [-0.15, -0.1) is 0 Å². The van der Waals surface area contributed by atoms with E-state index < -0.39 is 33.7 Å². The number of amides is 1. The van der Waals surface area contributed by atoms with E-state index in [0.29, 0.717) is 11.8 Å². The van der Waals surface area contributed by atoms with E-state index in [2.05, 4.69) is 5.32 Å². The molecule has 0 saturated heterocycles. The number of anilines is 2. The van der Waals surface area contributed by atoms with Gasteiger partial charge in [0.2, 0.25) is 0 Å². The Kier molecular flexibility index (Phi) is 5.36. The first-order chi connectivity index (χ1) is 14.8. The van der Waals surface area contributed by atoms with E-state index in [0.717, 1.165) is 22.0 Å². The maximum absolute atomic E-state index is 13.9. The summed E-state index contributed by atoms with van der Waals surface area (Å²) in [6.45, 7) is 1.53. The molecule has 0 spiro atoms. The van der Waals surface area contributed by atoms with Gasteiger partial charge in [0, 0.05) is 6.07 Å². The second-order valence-electron chi connectivity index (χ2n) is 7.04. The van der Waals surface area contributed by atoms with E-state index in [1.165, 1.54) is 12.1 Å². The minimum absolute atomic E-state index is 0.0681. The minimum atomic E-state index is -4.00. The lowest BCUT2D eigenvalue weighted by Crippen LogP contribution is -2.48. The number of para-hydroxylation sites is 2. The highest BCUT2D eigenvalue weighted by Crippen LogP contribution is 2.37. The number of sulfonamides is 1. The summed E-state index contributed by atoms with van der Waals surface area (Å²) in [4.78, 5) is 12.8. The van der Waals surface area contributed by atoms with Gasteiger partial charge in [-0.25, -0.2) is 17.2 Å². The Morgan fingerprint density at radius 3 is 2.48 bits per heavy atom. The molecular formula is C22H18F2N2O4S. The zero-order chi connectivity index (χ0) is 22.2. The second kappa shape index (κ2) is 7.99. The first kappa shape index (κ1) is 20.8. The number of fused-ring (bicyclic) bond motifs is 1.